The predicted molar refractivity (Wildman–Crippen MR) is 115 cm³/mol. The number of hydrogen-bond acceptors (Lipinski definition) is 6. The van der Waals surface area contributed by atoms with Crippen LogP contribution in [0.5, 0.6) is 0 Å². The number of para-hydroxylation sites is 1. The summed E-state index contributed by atoms with van der Waals surface area (Å²) in [5.74, 6) is 1.86. The van der Waals surface area contributed by atoms with Gasteiger partial charge in [0.15, 0.2) is 5.82 Å². The summed E-state index contributed by atoms with van der Waals surface area (Å²) in [5.41, 5.74) is 3.22. The normalized spacial score (nSPS) is 15.2. The fourth-order valence-corrected chi connectivity index (χ4v) is 4.29. The zero-order valence-electron chi connectivity index (χ0n) is 15.5. The Morgan fingerprint density at radius 2 is 1.75 bits per heavy atom. The van der Waals surface area contributed by atoms with Gasteiger partial charge in [-0.25, -0.2) is 9.97 Å². The summed E-state index contributed by atoms with van der Waals surface area (Å²) in [5, 5.41) is 5.31. The second-order valence-electron chi connectivity index (χ2n) is 6.98. The van der Waals surface area contributed by atoms with Crippen molar-refractivity contribution in [3.8, 4) is 11.4 Å². The molecule has 4 aromatic rings. The topological polar surface area (TPSA) is 45.2 Å². The molecule has 0 bridgehead atoms. The lowest BCUT2D eigenvalue weighted by Crippen LogP contribution is -2.46. The summed E-state index contributed by atoms with van der Waals surface area (Å²) in [6.45, 7) is 4.82. The molecule has 1 aliphatic heterocycles. The van der Waals surface area contributed by atoms with Crippen LogP contribution in [-0.2, 0) is 6.54 Å². The SMILES string of the molecule is c1ccc(CN2CCN(c3nc(-c4ccsc4)nc4ccccc34)CC2)nc1. The third-order valence-corrected chi connectivity index (χ3v) is 5.83. The molecule has 0 N–H and O–H groups in total. The number of rotatable bonds is 4. The van der Waals surface area contributed by atoms with Gasteiger partial charge in [-0.2, -0.15) is 11.3 Å². The Morgan fingerprint density at radius 1 is 0.893 bits per heavy atom. The Labute approximate surface area is 168 Å². The lowest BCUT2D eigenvalue weighted by Gasteiger charge is -2.35. The van der Waals surface area contributed by atoms with Crippen molar-refractivity contribution < 1.29 is 0 Å². The van der Waals surface area contributed by atoms with Gasteiger partial charge in [-0.15, -0.1) is 0 Å². The molecule has 28 heavy (non-hydrogen) atoms. The minimum atomic E-state index is 0.811. The Balaban J connectivity index is 1.40. The highest BCUT2D eigenvalue weighted by atomic mass is 32.1. The van der Waals surface area contributed by atoms with E-state index in [-0.39, 0.29) is 0 Å². The smallest absolute Gasteiger partial charge is 0.162 e. The molecule has 1 saturated heterocycles. The molecular formula is C22H21N5S. The number of piperazine rings is 1. The van der Waals surface area contributed by atoms with Gasteiger partial charge in [0.25, 0.3) is 0 Å². The summed E-state index contributed by atoms with van der Waals surface area (Å²) in [6.07, 6.45) is 1.87. The van der Waals surface area contributed by atoms with Crippen molar-refractivity contribution in [3.63, 3.8) is 0 Å². The minimum absolute atomic E-state index is 0.811. The number of aromatic nitrogens is 3. The average Bonchev–Trinajstić information content (AvgIpc) is 3.29. The molecule has 0 atom stereocenters. The first-order chi connectivity index (χ1) is 13.9. The van der Waals surface area contributed by atoms with E-state index in [1.165, 1.54) is 0 Å². The van der Waals surface area contributed by atoms with Gasteiger partial charge < -0.3 is 4.90 Å². The summed E-state index contributed by atoms with van der Waals surface area (Å²) in [4.78, 5) is 19.1. The number of pyridine rings is 1. The second-order valence-corrected chi connectivity index (χ2v) is 7.76. The molecule has 1 aliphatic rings. The average molecular weight is 388 g/mol. The fraction of sp³-hybridized carbons (Fsp3) is 0.227. The second kappa shape index (κ2) is 7.66. The molecule has 0 aliphatic carbocycles. The van der Waals surface area contributed by atoms with Crippen LogP contribution in [-0.4, -0.2) is 46.0 Å². The van der Waals surface area contributed by atoms with E-state index in [0.717, 1.165) is 66.5 Å². The Hall–Kier alpha value is -2.83. The van der Waals surface area contributed by atoms with Crippen LogP contribution in [0.1, 0.15) is 5.69 Å². The van der Waals surface area contributed by atoms with Crippen molar-refractivity contribution in [1.82, 2.24) is 19.9 Å². The largest absolute Gasteiger partial charge is 0.353 e. The summed E-state index contributed by atoms with van der Waals surface area (Å²) >= 11 is 1.68. The molecule has 0 radical (unpaired) electrons. The number of fused-ring (bicyclic) bond motifs is 1. The molecule has 1 fully saturated rings. The summed E-state index contributed by atoms with van der Waals surface area (Å²) in [7, 11) is 0. The van der Waals surface area contributed by atoms with E-state index in [4.69, 9.17) is 9.97 Å². The number of benzene rings is 1. The van der Waals surface area contributed by atoms with Crippen molar-refractivity contribution in [2.45, 2.75) is 6.54 Å². The van der Waals surface area contributed by atoms with E-state index < -0.39 is 0 Å². The molecule has 4 heterocycles. The maximum Gasteiger partial charge on any atom is 0.162 e. The van der Waals surface area contributed by atoms with Crippen LogP contribution in [0.2, 0.25) is 0 Å². The third-order valence-electron chi connectivity index (χ3n) is 5.15. The van der Waals surface area contributed by atoms with E-state index in [1.807, 2.05) is 18.3 Å². The van der Waals surface area contributed by atoms with Crippen LogP contribution < -0.4 is 4.90 Å². The van der Waals surface area contributed by atoms with E-state index in [9.17, 15) is 0 Å². The molecule has 0 unspecified atom stereocenters. The van der Waals surface area contributed by atoms with Crippen LogP contribution in [0.4, 0.5) is 5.82 Å². The van der Waals surface area contributed by atoms with Gasteiger partial charge >= 0.3 is 0 Å². The van der Waals surface area contributed by atoms with Crippen LogP contribution in [0, 0.1) is 0 Å². The van der Waals surface area contributed by atoms with Gasteiger partial charge in [0.2, 0.25) is 0 Å². The Morgan fingerprint density at radius 3 is 2.54 bits per heavy atom. The molecule has 0 amide bonds. The number of hydrogen-bond donors (Lipinski definition) is 0. The number of anilines is 1. The predicted octanol–water partition coefficient (Wildman–Crippen LogP) is 4.08. The van der Waals surface area contributed by atoms with Crippen LogP contribution in [0.15, 0.2) is 65.5 Å². The highest BCUT2D eigenvalue weighted by molar-refractivity contribution is 7.08. The fourth-order valence-electron chi connectivity index (χ4n) is 3.66. The van der Waals surface area contributed by atoms with Gasteiger partial charge in [0.1, 0.15) is 5.82 Å². The zero-order chi connectivity index (χ0) is 18.8. The van der Waals surface area contributed by atoms with Crippen LogP contribution in [0.3, 0.4) is 0 Å². The molecule has 0 spiro atoms. The molecule has 0 saturated carbocycles. The molecule has 140 valence electrons. The van der Waals surface area contributed by atoms with Crippen molar-refractivity contribution in [3.05, 3.63) is 71.2 Å². The molecule has 3 aromatic heterocycles. The highest BCUT2D eigenvalue weighted by Gasteiger charge is 2.21. The standard InChI is InChI=1S/C22H21N5S/c1-2-7-20-19(6-1)22(25-21(24-20)17-8-14-28-16-17)27-12-10-26(11-13-27)15-18-5-3-4-9-23-18/h1-9,14,16H,10-13,15H2. The van der Waals surface area contributed by atoms with Crippen molar-refractivity contribution >= 4 is 28.1 Å². The molecule has 6 heteroatoms. The monoisotopic (exact) mass is 387 g/mol. The maximum absolute atomic E-state index is 4.97. The van der Waals surface area contributed by atoms with Gasteiger partial charge in [-0.1, -0.05) is 18.2 Å². The quantitative estimate of drug-likeness (QED) is 0.528. The highest BCUT2D eigenvalue weighted by Crippen LogP contribution is 2.29. The Kier molecular flexibility index (Phi) is 4.72. The van der Waals surface area contributed by atoms with Gasteiger partial charge in [-0.3, -0.25) is 9.88 Å². The summed E-state index contributed by atoms with van der Waals surface area (Å²) in [6, 6.07) is 16.5. The molecule has 1 aromatic carbocycles. The first-order valence-corrected chi connectivity index (χ1v) is 10.5. The summed E-state index contributed by atoms with van der Waals surface area (Å²) < 4.78 is 0. The van der Waals surface area contributed by atoms with E-state index in [1.54, 1.807) is 11.3 Å². The van der Waals surface area contributed by atoms with Gasteiger partial charge in [0, 0.05) is 55.3 Å². The lowest BCUT2D eigenvalue weighted by molar-refractivity contribution is 0.247. The van der Waals surface area contributed by atoms with Crippen LogP contribution >= 0.6 is 11.3 Å². The third kappa shape index (κ3) is 3.48. The van der Waals surface area contributed by atoms with Crippen molar-refractivity contribution in [2.75, 3.05) is 31.1 Å². The van der Waals surface area contributed by atoms with Gasteiger partial charge in [0.05, 0.1) is 11.2 Å². The van der Waals surface area contributed by atoms with E-state index in [0.29, 0.717) is 0 Å². The maximum atomic E-state index is 4.97. The minimum Gasteiger partial charge on any atom is -0.353 e. The number of thiophene rings is 1. The molecule has 5 rings (SSSR count). The van der Waals surface area contributed by atoms with Crippen molar-refractivity contribution in [1.29, 1.82) is 0 Å². The lowest BCUT2D eigenvalue weighted by atomic mass is 10.2. The van der Waals surface area contributed by atoms with E-state index >= 15 is 0 Å². The Bertz CT molecular complexity index is 1060. The first-order valence-electron chi connectivity index (χ1n) is 9.53. The van der Waals surface area contributed by atoms with E-state index in [2.05, 4.69) is 61.9 Å². The van der Waals surface area contributed by atoms with Crippen LogP contribution in [0.25, 0.3) is 22.3 Å². The molecule has 5 nitrogen and oxygen atoms in total. The zero-order valence-corrected chi connectivity index (χ0v) is 16.3. The molecular weight excluding hydrogens is 366 g/mol. The first kappa shape index (κ1) is 17.3. The number of nitrogens with zero attached hydrogens (tertiary/aromatic N) is 5. The van der Waals surface area contributed by atoms with Crippen molar-refractivity contribution in [2.24, 2.45) is 0 Å². The van der Waals surface area contributed by atoms with Gasteiger partial charge in [-0.05, 0) is 35.7 Å².